The smallest absolute Gasteiger partial charge is 0.228 e. The maximum Gasteiger partial charge on any atom is 0.228 e. The van der Waals surface area contributed by atoms with Crippen molar-refractivity contribution >= 4 is 39.1 Å². The van der Waals surface area contributed by atoms with Crippen molar-refractivity contribution in [1.29, 1.82) is 0 Å². The van der Waals surface area contributed by atoms with Gasteiger partial charge in [-0.25, -0.2) is 4.39 Å². The molecule has 2 rings (SSSR count). The van der Waals surface area contributed by atoms with E-state index in [1.165, 1.54) is 17.0 Å². The van der Waals surface area contributed by atoms with Gasteiger partial charge in [0.1, 0.15) is 5.82 Å². The molecule has 88 valence electrons. The maximum atomic E-state index is 13.4. The molecule has 0 saturated carbocycles. The zero-order valence-electron chi connectivity index (χ0n) is 8.71. The molecule has 1 fully saturated rings. The molecule has 0 bridgehead atoms. The number of terminal acetylenes is 1. The summed E-state index contributed by atoms with van der Waals surface area (Å²) in [4.78, 5) is 13.2. The van der Waals surface area contributed by atoms with Gasteiger partial charge in [-0.3, -0.25) is 4.79 Å². The van der Waals surface area contributed by atoms with Crippen LogP contribution in [0.1, 0.15) is 6.42 Å². The van der Waals surface area contributed by atoms with Gasteiger partial charge in [0.2, 0.25) is 5.91 Å². The van der Waals surface area contributed by atoms with Crippen LogP contribution in [0.15, 0.2) is 16.6 Å². The molecule has 1 saturated heterocycles. The van der Waals surface area contributed by atoms with Gasteiger partial charge >= 0.3 is 0 Å². The molecule has 0 radical (unpaired) electrons. The minimum absolute atomic E-state index is 0.128. The molecule has 2 nitrogen and oxygen atoms in total. The molecule has 0 aromatic heterocycles. The molecule has 1 amide bonds. The molecule has 1 atom stereocenters. The van der Waals surface area contributed by atoms with E-state index in [9.17, 15) is 9.18 Å². The van der Waals surface area contributed by atoms with Crippen LogP contribution in [0.4, 0.5) is 10.1 Å². The van der Waals surface area contributed by atoms with E-state index in [1.807, 2.05) is 0 Å². The number of halogens is 3. The molecule has 17 heavy (non-hydrogen) atoms. The number of benzene rings is 1. The van der Waals surface area contributed by atoms with E-state index >= 15 is 0 Å². The highest BCUT2D eigenvalue weighted by atomic mass is 79.9. The molecule has 5 heteroatoms. The van der Waals surface area contributed by atoms with Gasteiger partial charge in [-0.1, -0.05) is 11.6 Å². The number of hydrogen-bond donors (Lipinski definition) is 0. The summed E-state index contributed by atoms with van der Waals surface area (Å²) in [7, 11) is 0. The van der Waals surface area contributed by atoms with Crippen LogP contribution < -0.4 is 4.90 Å². The minimum atomic E-state index is -0.457. The molecule has 1 aromatic carbocycles. The van der Waals surface area contributed by atoms with Crippen molar-refractivity contribution in [3.05, 3.63) is 27.4 Å². The predicted octanol–water partition coefficient (Wildman–Crippen LogP) is 3.23. The zero-order chi connectivity index (χ0) is 12.6. The van der Waals surface area contributed by atoms with Gasteiger partial charge in [-0.05, 0) is 22.0 Å². The topological polar surface area (TPSA) is 20.3 Å². The van der Waals surface area contributed by atoms with Crippen LogP contribution in [0.3, 0.4) is 0 Å². The highest BCUT2D eigenvalue weighted by Gasteiger charge is 2.31. The number of rotatable bonds is 1. The predicted molar refractivity (Wildman–Crippen MR) is 68.4 cm³/mol. The van der Waals surface area contributed by atoms with Gasteiger partial charge < -0.3 is 4.90 Å². The van der Waals surface area contributed by atoms with Gasteiger partial charge in [0.25, 0.3) is 0 Å². The lowest BCUT2D eigenvalue weighted by molar-refractivity contribution is -0.117. The van der Waals surface area contributed by atoms with E-state index in [1.54, 1.807) is 0 Å². The largest absolute Gasteiger partial charge is 0.310 e. The molecular weight excluding hydrogens is 308 g/mol. The molecule has 0 spiro atoms. The van der Waals surface area contributed by atoms with Crippen LogP contribution >= 0.6 is 27.5 Å². The normalized spacial score (nSPS) is 19.5. The van der Waals surface area contributed by atoms with E-state index in [0.717, 1.165) is 0 Å². The SMILES string of the molecule is C#CC1CC(=O)N(c2cc(F)c(Br)cc2Cl)C1. The van der Waals surface area contributed by atoms with Crippen LogP contribution in [0, 0.1) is 24.1 Å². The number of nitrogens with zero attached hydrogens (tertiary/aromatic N) is 1. The Morgan fingerprint density at radius 2 is 2.29 bits per heavy atom. The Kier molecular flexibility index (Phi) is 3.41. The summed E-state index contributed by atoms with van der Waals surface area (Å²) < 4.78 is 13.7. The summed E-state index contributed by atoms with van der Waals surface area (Å²) >= 11 is 9.03. The third kappa shape index (κ3) is 2.31. The van der Waals surface area contributed by atoms with E-state index < -0.39 is 5.82 Å². The molecule has 1 aliphatic rings. The first kappa shape index (κ1) is 12.4. The fraction of sp³-hybridized carbons (Fsp3) is 0.250. The molecule has 1 aromatic rings. The number of amides is 1. The Bertz CT molecular complexity index is 526. The van der Waals surface area contributed by atoms with Crippen molar-refractivity contribution in [2.75, 3.05) is 11.4 Å². The van der Waals surface area contributed by atoms with Crippen LogP contribution in [0.25, 0.3) is 0 Å². The first-order valence-electron chi connectivity index (χ1n) is 4.94. The first-order chi connectivity index (χ1) is 8.02. The van der Waals surface area contributed by atoms with E-state index in [2.05, 4.69) is 21.9 Å². The van der Waals surface area contributed by atoms with Crippen LogP contribution in [-0.4, -0.2) is 12.5 Å². The number of anilines is 1. The summed E-state index contributed by atoms with van der Waals surface area (Å²) in [5, 5.41) is 0.323. The van der Waals surface area contributed by atoms with Gasteiger partial charge in [-0.15, -0.1) is 12.3 Å². The van der Waals surface area contributed by atoms with Crippen molar-refractivity contribution in [1.82, 2.24) is 0 Å². The van der Waals surface area contributed by atoms with E-state index in [-0.39, 0.29) is 22.7 Å². The van der Waals surface area contributed by atoms with Crippen LogP contribution in [0.5, 0.6) is 0 Å². The number of carbonyl (C=O) groups excluding carboxylic acids is 1. The molecule has 1 unspecified atom stereocenters. The number of carbonyl (C=O) groups is 1. The van der Waals surface area contributed by atoms with Crippen molar-refractivity contribution in [2.24, 2.45) is 5.92 Å². The third-order valence-corrected chi connectivity index (χ3v) is 3.55. The summed E-state index contributed by atoms with van der Waals surface area (Å²) in [5.41, 5.74) is 0.370. The van der Waals surface area contributed by atoms with Gasteiger partial charge in [-0.2, -0.15) is 0 Å². The second-order valence-corrected chi connectivity index (χ2v) is 5.05. The number of hydrogen-bond acceptors (Lipinski definition) is 1. The van der Waals surface area contributed by atoms with Gasteiger partial charge in [0.15, 0.2) is 0 Å². The molecular formula is C12H8BrClFNO. The van der Waals surface area contributed by atoms with Gasteiger partial charge in [0.05, 0.1) is 15.2 Å². The highest BCUT2D eigenvalue weighted by Crippen LogP contribution is 2.34. The van der Waals surface area contributed by atoms with E-state index in [0.29, 0.717) is 17.3 Å². The highest BCUT2D eigenvalue weighted by molar-refractivity contribution is 9.10. The lowest BCUT2D eigenvalue weighted by atomic mass is 10.1. The fourth-order valence-electron chi connectivity index (χ4n) is 1.77. The summed E-state index contributed by atoms with van der Waals surface area (Å²) in [6.07, 6.45) is 5.57. The Balaban J connectivity index is 2.39. The zero-order valence-corrected chi connectivity index (χ0v) is 11.1. The van der Waals surface area contributed by atoms with Crippen LogP contribution in [-0.2, 0) is 4.79 Å². The molecule has 1 aliphatic heterocycles. The minimum Gasteiger partial charge on any atom is -0.310 e. The van der Waals surface area contributed by atoms with Crippen molar-refractivity contribution in [3.63, 3.8) is 0 Å². The maximum absolute atomic E-state index is 13.4. The first-order valence-corrected chi connectivity index (χ1v) is 6.11. The Morgan fingerprint density at radius 3 is 2.88 bits per heavy atom. The monoisotopic (exact) mass is 315 g/mol. The average Bonchev–Trinajstić information content (AvgIpc) is 2.65. The lowest BCUT2D eigenvalue weighted by Gasteiger charge is -2.18. The fourth-order valence-corrected chi connectivity index (χ4v) is 2.51. The molecule has 0 aliphatic carbocycles. The van der Waals surface area contributed by atoms with Crippen molar-refractivity contribution < 1.29 is 9.18 Å². The van der Waals surface area contributed by atoms with Crippen molar-refractivity contribution in [2.45, 2.75) is 6.42 Å². The Labute approximate surface area is 112 Å². The second kappa shape index (κ2) is 4.67. The summed E-state index contributed by atoms with van der Waals surface area (Å²) in [6.45, 7) is 0.385. The van der Waals surface area contributed by atoms with Crippen LogP contribution in [0.2, 0.25) is 5.02 Å². The summed E-state index contributed by atoms with van der Waals surface area (Å²) in [5.74, 6) is 1.81. The van der Waals surface area contributed by atoms with Gasteiger partial charge in [0, 0.05) is 24.9 Å². The lowest BCUT2D eigenvalue weighted by Crippen LogP contribution is -2.24. The molecule has 0 N–H and O–H groups in total. The second-order valence-electron chi connectivity index (χ2n) is 3.79. The Morgan fingerprint density at radius 1 is 1.59 bits per heavy atom. The van der Waals surface area contributed by atoms with Crippen molar-refractivity contribution in [3.8, 4) is 12.3 Å². The summed E-state index contributed by atoms with van der Waals surface area (Å²) in [6, 6.07) is 2.67. The standard InChI is InChI=1S/C12H8BrClFNO/c1-2-7-3-12(17)16(6-7)11-5-10(15)8(13)4-9(11)14/h1,4-5,7H,3,6H2. The molecule has 1 heterocycles. The van der Waals surface area contributed by atoms with E-state index in [4.69, 9.17) is 18.0 Å². The quantitative estimate of drug-likeness (QED) is 0.575. The average molecular weight is 317 g/mol. The Hall–Kier alpha value is -1.05. The third-order valence-electron chi connectivity index (χ3n) is 2.64.